The van der Waals surface area contributed by atoms with E-state index in [1.54, 1.807) is 12.1 Å². The van der Waals surface area contributed by atoms with Crippen molar-refractivity contribution < 1.29 is 14.3 Å². The molecule has 0 saturated carbocycles. The van der Waals surface area contributed by atoms with Crippen LogP contribution in [0.15, 0.2) is 54.7 Å². The number of anilines is 4. The van der Waals surface area contributed by atoms with E-state index in [1.807, 2.05) is 31.3 Å². The molecule has 0 amide bonds. The topological polar surface area (TPSA) is 114 Å². The quantitative estimate of drug-likeness (QED) is 0.169. The smallest absolute Gasteiger partial charge is 0.229 e. The van der Waals surface area contributed by atoms with E-state index in [0.29, 0.717) is 55.1 Å². The Kier molecular flexibility index (Phi) is 9.59. The van der Waals surface area contributed by atoms with Crippen LogP contribution in [0.25, 0.3) is 0 Å². The normalized spacial score (nSPS) is 14.7. The van der Waals surface area contributed by atoms with Crippen molar-refractivity contribution in [2.75, 3.05) is 57.6 Å². The van der Waals surface area contributed by atoms with Crippen molar-refractivity contribution >= 4 is 29.6 Å². The average Bonchev–Trinajstić information content (AvgIpc) is 2.90. The summed E-state index contributed by atoms with van der Waals surface area (Å²) in [5.41, 5.74) is 3.88. The zero-order valence-corrected chi connectivity index (χ0v) is 23.0. The predicted molar refractivity (Wildman–Crippen MR) is 153 cm³/mol. The van der Waals surface area contributed by atoms with E-state index in [-0.39, 0.29) is 5.41 Å². The molecular formula is C29H37N7O3. The van der Waals surface area contributed by atoms with Gasteiger partial charge in [0.1, 0.15) is 18.2 Å². The molecule has 1 aromatic carbocycles. The first-order chi connectivity index (χ1) is 18.9. The molecule has 4 rings (SSSR count). The summed E-state index contributed by atoms with van der Waals surface area (Å²) < 4.78 is 11.2. The van der Waals surface area contributed by atoms with Gasteiger partial charge in [-0.3, -0.25) is 4.79 Å². The maximum Gasteiger partial charge on any atom is 0.229 e. The third-order valence-corrected chi connectivity index (χ3v) is 6.29. The van der Waals surface area contributed by atoms with Crippen molar-refractivity contribution in [2.24, 2.45) is 0 Å². The van der Waals surface area contributed by atoms with E-state index in [0.717, 1.165) is 25.3 Å². The van der Waals surface area contributed by atoms with E-state index in [1.165, 1.54) is 17.3 Å². The van der Waals surface area contributed by atoms with E-state index in [2.05, 4.69) is 68.8 Å². The van der Waals surface area contributed by atoms with Gasteiger partial charge < -0.3 is 30.3 Å². The Bertz CT molecular complexity index is 1300. The van der Waals surface area contributed by atoms with Gasteiger partial charge in [-0.15, -0.1) is 0 Å². The van der Waals surface area contributed by atoms with Crippen LogP contribution in [0, 0.1) is 0 Å². The molecule has 3 N–H and O–H groups in total. The van der Waals surface area contributed by atoms with Gasteiger partial charge in [0.05, 0.1) is 18.8 Å². The number of carbonyl (C=O) groups is 1. The Morgan fingerprint density at radius 1 is 1.10 bits per heavy atom. The van der Waals surface area contributed by atoms with Crippen LogP contribution in [-0.2, 0) is 16.7 Å². The molecule has 0 fully saturated rings. The van der Waals surface area contributed by atoms with Gasteiger partial charge in [0.25, 0.3) is 0 Å². The summed E-state index contributed by atoms with van der Waals surface area (Å²) in [7, 11) is 4.04. The molecule has 0 spiro atoms. The first-order valence-corrected chi connectivity index (χ1v) is 13.0. The second-order valence-electron chi connectivity index (χ2n) is 10.1. The second kappa shape index (κ2) is 13.3. The summed E-state index contributed by atoms with van der Waals surface area (Å²) in [6, 6.07) is 11.7. The third kappa shape index (κ3) is 7.82. The minimum atomic E-state index is 0.0310. The van der Waals surface area contributed by atoms with Crippen LogP contribution in [0.2, 0.25) is 0 Å². The molecule has 0 bridgehead atoms. The molecular weight excluding hydrogens is 494 g/mol. The molecule has 39 heavy (non-hydrogen) atoms. The Hall–Kier alpha value is -3.86. The van der Waals surface area contributed by atoms with Gasteiger partial charge in [-0.1, -0.05) is 38.1 Å². The van der Waals surface area contributed by atoms with Crippen molar-refractivity contribution in [1.82, 2.24) is 25.2 Å². The number of hydrogen-bond acceptors (Lipinski definition) is 10. The molecule has 0 unspecified atom stereocenters. The summed E-state index contributed by atoms with van der Waals surface area (Å²) in [6.07, 6.45) is 6.17. The lowest BCUT2D eigenvalue weighted by Gasteiger charge is -2.38. The Labute approximate surface area is 229 Å². The van der Waals surface area contributed by atoms with Crippen molar-refractivity contribution in [3.8, 4) is 5.88 Å². The van der Waals surface area contributed by atoms with Gasteiger partial charge in [0.15, 0.2) is 6.29 Å². The minimum absolute atomic E-state index is 0.0310. The molecule has 10 heteroatoms. The molecule has 10 nitrogen and oxygen atoms in total. The fourth-order valence-corrected chi connectivity index (χ4v) is 4.61. The maximum atomic E-state index is 11.7. The number of likely N-dealkylation sites (N-methyl/N-ethyl adjacent to an activating group) is 2. The number of hydrogen-bond donors (Lipinski definition) is 3. The van der Waals surface area contributed by atoms with Gasteiger partial charge in [-0.25, -0.2) is 4.98 Å². The molecule has 0 saturated heterocycles. The Morgan fingerprint density at radius 2 is 1.97 bits per heavy atom. The monoisotopic (exact) mass is 531 g/mol. The SMILES string of the molecule is CNC/C=C/COCCOc1cccc(Nc2nc(Nc3ccc4c(c3)C(C)(C)CN(C)C4)ncc2C=O)n1. The summed E-state index contributed by atoms with van der Waals surface area (Å²) in [5, 5.41) is 9.45. The molecule has 0 radical (unpaired) electrons. The lowest BCUT2D eigenvalue weighted by molar-refractivity contribution is 0.112. The van der Waals surface area contributed by atoms with E-state index >= 15 is 0 Å². The Morgan fingerprint density at radius 3 is 2.79 bits per heavy atom. The molecule has 0 aliphatic carbocycles. The van der Waals surface area contributed by atoms with Crippen LogP contribution in [0.4, 0.5) is 23.3 Å². The number of benzene rings is 1. The first kappa shape index (κ1) is 28.2. The number of ether oxygens (including phenoxy) is 2. The number of pyridine rings is 1. The van der Waals surface area contributed by atoms with E-state index in [9.17, 15) is 4.79 Å². The lowest BCUT2D eigenvalue weighted by atomic mass is 9.78. The zero-order valence-electron chi connectivity index (χ0n) is 23.0. The standard InChI is InChI=1S/C29H37N7O3/c1-29(2)20-36(4)18-21-10-11-23(16-24(21)29)32-28-31-17-22(19-37)27(35-28)34-25-8-7-9-26(33-25)39-15-14-38-13-6-5-12-30-3/h5-11,16-17,19,30H,12-15,18,20H2,1-4H3,(H2,31,32,33,34,35)/b6-5+. The molecule has 2 aromatic heterocycles. The lowest BCUT2D eigenvalue weighted by Crippen LogP contribution is -2.39. The number of fused-ring (bicyclic) bond motifs is 1. The zero-order chi connectivity index (χ0) is 27.7. The summed E-state index contributed by atoms with van der Waals surface area (Å²) in [4.78, 5) is 27.4. The van der Waals surface area contributed by atoms with Gasteiger partial charge in [0.2, 0.25) is 11.8 Å². The summed E-state index contributed by atoms with van der Waals surface area (Å²) >= 11 is 0. The maximum absolute atomic E-state index is 11.7. The summed E-state index contributed by atoms with van der Waals surface area (Å²) in [5.74, 6) is 1.67. The number of aldehydes is 1. The minimum Gasteiger partial charge on any atom is -0.475 e. The first-order valence-electron chi connectivity index (χ1n) is 13.0. The molecule has 0 atom stereocenters. The van der Waals surface area contributed by atoms with Crippen molar-refractivity contribution in [1.29, 1.82) is 0 Å². The Balaban J connectivity index is 1.41. The highest BCUT2D eigenvalue weighted by Crippen LogP contribution is 2.35. The van der Waals surface area contributed by atoms with Gasteiger partial charge in [-0.2, -0.15) is 9.97 Å². The number of aromatic nitrogens is 3. The van der Waals surface area contributed by atoms with Crippen molar-refractivity contribution in [2.45, 2.75) is 25.8 Å². The van der Waals surface area contributed by atoms with Gasteiger partial charge in [0, 0.05) is 43.0 Å². The molecule has 1 aliphatic rings. The van der Waals surface area contributed by atoms with Gasteiger partial charge in [-0.05, 0) is 43.4 Å². The van der Waals surface area contributed by atoms with Crippen LogP contribution < -0.4 is 20.7 Å². The summed E-state index contributed by atoms with van der Waals surface area (Å²) in [6.45, 7) is 8.56. The van der Waals surface area contributed by atoms with Crippen LogP contribution in [-0.4, -0.2) is 73.1 Å². The van der Waals surface area contributed by atoms with E-state index in [4.69, 9.17) is 9.47 Å². The largest absolute Gasteiger partial charge is 0.475 e. The van der Waals surface area contributed by atoms with Crippen molar-refractivity contribution in [3.05, 3.63) is 71.4 Å². The van der Waals surface area contributed by atoms with Crippen LogP contribution in [0.3, 0.4) is 0 Å². The highest BCUT2D eigenvalue weighted by molar-refractivity contribution is 5.84. The number of nitrogens with one attached hydrogen (secondary N) is 3. The molecule has 3 aromatic rings. The van der Waals surface area contributed by atoms with Crippen LogP contribution in [0.5, 0.6) is 5.88 Å². The third-order valence-electron chi connectivity index (χ3n) is 6.29. The fourth-order valence-electron chi connectivity index (χ4n) is 4.61. The molecule has 3 heterocycles. The van der Waals surface area contributed by atoms with Gasteiger partial charge >= 0.3 is 0 Å². The van der Waals surface area contributed by atoms with Crippen molar-refractivity contribution in [3.63, 3.8) is 0 Å². The van der Waals surface area contributed by atoms with E-state index < -0.39 is 0 Å². The highest BCUT2D eigenvalue weighted by atomic mass is 16.5. The second-order valence-corrected chi connectivity index (χ2v) is 10.1. The van der Waals surface area contributed by atoms with Crippen LogP contribution >= 0.6 is 0 Å². The molecule has 206 valence electrons. The molecule has 1 aliphatic heterocycles. The fraction of sp³-hybridized carbons (Fsp3) is 0.379. The average molecular weight is 532 g/mol. The number of rotatable bonds is 13. The predicted octanol–water partition coefficient (Wildman–Crippen LogP) is 4.07. The number of nitrogens with zero attached hydrogens (tertiary/aromatic N) is 4. The number of carbonyl (C=O) groups excluding carboxylic acids is 1. The van der Waals surface area contributed by atoms with Crippen LogP contribution in [0.1, 0.15) is 35.3 Å². The highest BCUT2D eigenvalue weighted by Gasteiger charge is 2.30.